The molecular weight excluding hydrogens is 260 g/mol. The van der Waals surface area contributed by atoms with Gasteiger partial charge >= 0.3 is 0 Å². The minimum Gasteiger partial charge on any atom is -0.370 e. The Kier molecular flexibility index (Phi) is 3.30. The molecule has 1 saturated heterocycles. The molecule has 2 aliphatic rings. The predicted octanol–water partition coefficient (Wildman–Crippen LogP) is 2.49. The Balaban J connectivity index is 1.85. The number of rotatable bonds is 1. The van der Waals surface area contributed by atoms with Gasteiger partial charge in [-0.2, -0.15) is 0 Å². The fraction of sp³-hybridized carbons (Fsp3) is 0.267. The lowest BCUT2D eigenvalue weighted by atomic mass is 10.1. The predicted molar refractivity (Wildman–Crippen MR) is 76.7 cm³/mol. The number of hydrogen-bond acceptors (Lipinski definition) is 3. The van der Waals surface area contributed by atoms with Crippen molar-refractivity contribution in [3.63, 3.8) is 0 Å². The summed E-state index contributed by atoms with van der Waals surface area (Å²) in [6, 6.07) is 7.54. The van der Waals surface area contributed by atoms with Crippen molar-refractivity contribution in [2.75, 3.05) is 13.1 Å². The van der Waals surface area contributed by atoms with Crippen molar-refractivity contribution >= 4 is 23.5 Å². The van der Waals surface area contributed by atoms with E-state index in [0.717, 1.165) is 48.5 Å². The number of allylic oxidation sites excluding steroid dienone is 2. The molecule has 19 heavy (non-hydrogen) atoms. The Labute approximate surface area is 117 Å². The molecule has 0 amide bonds. The van der Waals surface area contributed by atoms with Gasteiger partial charge in [-0.05, 0) is 36.6 Å². The van der Waals surface area contributed by atoms with E-state index in [2.05, 4.69) is 10.6 Å². The van der Waals surface area contributed by atoms with Crippen LogP contribution in [0.2, 0.25) is 5.02 Å². The summed E-state index contributed by atoms with van der Waals surface area (Å²) in [5.74, 6) is 1.08. The molecule has 2 N–H and O–H groups in total. The fourth-order valence-corrected chi connectivity index (χ4v) is 2.59. The molecule has 1 aliphatic heterocycles. The number of halogens is 1. The second-order valence-electron chi connectivity index (χ2n) is 4.76. The van der Waals surface area contributed by atoms with Crippen LogP contribution in [0.15, 0.2) is 41.2 Å². The van der Waals surface area contributed by atoms with Crippen LogP contribution in [0.1, 0.15) is 18.4 Å². The molecule has 0 bridgehead atoms. The van der Waals surface area contributed by atoms with E-state index in [1.54, 1.807) is 0 Å². The van der Waals surface area contributed by atoms with Crippen molar-refractivity contribution in [3.8, 4) is 0 Å². The number of ketones is 1. The molecule has 2 fully saturated rings. The van der Waals surface area contributed by atoms with E-state index in [0.29, 0.717) is 5.02 Å². The third-order valence-electron chi connectivity index (χ3n) is 3.45. The quantitative estimate of drug-likeness (QED) is 0.773. The second-order valence-corrected chi connectivity index (χ2v) is 5.19. The van der Waals surface area contributed by atoms with Crippen LogP contribution in [0.25, 0.3) is 6.08 Å². The Hall–Kier alpha value is -1.74. The highest BCUT2D eigenvalue weighted by Gasteiger charge is 2.27. The number of hydrogen-bond donors (Lipinski definition) is 2. The smallest absolute Gasteiger partial charge is 0.188 e. The first kappa shape index (κ1) is 12.3. The highest BCUT2D eigenvalue weighted by molar-refractivity contribution is 6.30. The van der Waals surface area contributed by atoms with E-state index in [9.17, 15) is 4.79 Å². The summed E-state index contributed by atoms with van der Waals surface area (Å²) in [5.41, 5.74) is 2.78. The zero-order valence-electron chi connectivity index (χ0n) is 10.5. The zero-order valence-corrected chi connectivity index (χ0v) is 11.3. The van der Waals surface area contributed by atoms with Gasteiger partial charge in [0, 0.05) is 29.3 Å². The van der Waals surface area contributed by atoms with Crippen molar-refractivity contribution in [2.24, 2.45) is 0 Å². The average Bonchev–Trinajstić information content (AvgIpc) is 3.03. The zero-order chi connectivity index (χ0) is 13.2. The van der Waals surface area contributed by atoms with Crippen molar-refractivity contribution in [3.05, 3.63) is 51.8 Å². The fourth-order valence-electron chi connectivity index (χ4n) is 2.47. The van der Waals surface area contributed by atoms with Crippen LogP contribution >= 0.6 is 11.6 Å². The summed E-state index contributed by atoms with van der Waals surface area (Å²) >= 11 is 5.85. The van der Waals surface area contributed by atoms with Crippen LogP contribution in [0.3, 0.4) is 0 Å². The third kappa shape index (κ3) is 2.51. The Bertz CT molecular complexity index is 564. The molecule has 1 aromatic carbocycles. The van der Waals surface area contributed by atoms with Gasteiger partial charge in [0.25, 0.3) is 0 Å². The summed E-state index contributed by atoms with van der Waals surface area (Å²) < 4.78 is 0. The van der Waals surface area contributed by atoms with Gasteiger partial charge in [-0.25, -0.2) is 0 Å². The molecule has 0 unspecified atom stereocenters. The monoisotopic (exact) mass is 274 g/mol. The molecular formula is C15H15ClN2O. The first-order valence-electron chi connectivity index (χ1n) is 6.46. The maximum Gasteiger partial charge on any atom is 0.188 e. The number of nitrogens with one attached hydrogen (secondary N) is 2. The van der Waals surface area contributed by atoms with Gasteiger partial charge in [0.1, 0.15) is 5.82 Å². The molecule has 1 aliphatic carbocycles. The number of Topliss-reactive ketones (excluding diaryl/α,β-unsaturated/α-hetero) is 1. The van der Waals surface area contributed by atoms with E-state index in [1.165, 1.54) is 0 Å². The lowest BCUT2D eigenvalue weighted by Gasteiger charge is -2.03. The van der Waals surface area contributed by atoms with Crippen LogP contribution < -0.4 is 10.6 Å². The number of carbonyl (C=O) groups is 1. The van der Waals surface area contributed by atoms with Crippen molar-refractivity contribution in [1.82, 2.24) is 10.6 Å². The number of benzene rings is 1. The van der Waals surface area contributed by atoms with Gasteiger partial charge in [0.15, 0.2) is 5.78 Å². The molecule has 98 valence electrons. The van der Waals surface area contributed by atoms with Crippen LogP contribution in [-0.4, -0.2) is 18.9 Å². The maximum atomic E-state index is 12.3. The molecule has 1 aromatic rings. The van der Waals surface area contributed by atoms with Gasteiger partial charge in [-0.15, -0.1) is 0 Å². The Morgan fingerprint density at radius 2 is 1.74 bits per heavy atom. The molecule has 4 heteroatoms. The first-order valence-corrected chi connectivity index (χ1v) is 6.83. The van der Waals surface area contributed by atoms with Gasteiger partial charge in [0.2, 0.25) is 0 Å². The largest absolute Gasteiger partial charge is 0.370 e. The Morgan fingerprint density at radius 1 is 1.05 bits per heavy atom. The van der Waals surface area contributed by atoms with Crippen molar-refractivity contribution < 1.29 is 4.79 Å². The molecule has 3 rings (SSSR count). The van der Waals surface area contributed by atoms with Crippen molar-refractivity contribution in [2.45, 2.75) is 12.8 Å². The lowest BCUT2D eigenvalue weighted by Crippen LogP contribution is -2.15. The normalized spacial score (nSPS) is 20.9. The average molecular weight is 275 g/mol. The van der Waals surface area contributed by atoms with Gasteiger partial charge in [0.05, 0.1) is 0 Å². The van der Waals surface area contributed by atoms with Gasteiger partial charge in [-0.1, -0.05) is 23.7 Å². The van der Waals surface area contributed by atoms with Crippen LogP contribution in [-0.2, 0) is 4.79 Å². The molecule has 0 aromatic heterocycles. The third-order valence-corrected chi connectivity index (χ3v) is 3.70. The molecule has 1 saturated carbocycles. The van der Waals surface area contributed by atoms with E-state index in [4.69, 9.17) is 11.6 Å². The number of carbonyl (C=O) groups excluding carboxylic acids is 1. The highest BCUT2D eigenvalue weighted by Crippen LogP contribution is 2.29. The summed E-state index contributed by atoms with van der Waals surface area (Å²) in [6.07, 6.45) is 3.58. The van der Waals surface area contributed by atoms with Crippen molar-refractivity contribution in [1.29, 1.82) is 0 Å². The first-order chi connectivity index (χ1) is 9.24. The summed E-state index contributed by atoms with van der Waals surface area (Å²) in [7, 11) is 0. The van der Waals surface area contributed by atoms with Gasteiger partial charge < -0.3 is 10.6 Å². The van der Waals surface area contributed by atoms with E-state index in [-0.39, 0.29) is 5.78 Å². The molecule has 1 heterocycles. The highest BCUT2D eigenvalue weighted by atomic mass is 35.5. The topological polar surface area (TPSA) is 41.1 Å². The van der Waals surface area contributed by atoms with E-state index >= 15 is 0 Å². The molecule has 0 atom stereocenters. The van der Waals surface area contributed by atoms with Gasteiger partial charge in [-0.3, -0.25) is 4.79 Å². The van der Waals surface area contributed by atoms with E-state index < -0.39 is 0 Å². The van der Waals surface area contributed by atoms with Crippen LogP contribution in [0.5, 0.6) is 0 Å². The van der Waals surface area contributed by atoms with Crippen LogP contribution in [0, 0.1) is 0 Å². The minimum atomic E-state index is 0.159. The molecule has 0 spiro atoms. The second kappa shape index (κ2) is 5.10. The lowest BCUT2D eigenvalue weighted by molar-refractivity contribution is -0.111. The standard InChI is InChI=1S/C15H15ClN2O/c16-12-4-1-10(2-5-12)9-11-3-6-13(14(11)19)15-17-7-8-18-15/h1-2,4-5,9,17-18H,3,6-8H2/b11-9+. The maximum absolute atomic E-state index is 12.3. The summed E-state index contributed by atoms with van der Waals surface area (Å²) in [4.78, 5) is 12.3. The minimum absolute atomic E-state index is 0.159. The molecule has 3 nitrogen and oxygen atoms in total. The van der Waals surface area contributed by atoms with E-state index in [1.807, 2.05) is 30.3 Å². The Morgan fingerprint density at radius 3 is 2.42 bits per heavy atom. The molecule has 0 radical (unpaired) electrons. The van der Waals surface area contributed by atoms with Crippen LogP contribution in [0.4, 0.5) is 0 Å². The summed E-state index contributed by atoms with van der Waals surface area (Å²) in [5, 5.41) is 7.16. The SMILES string of the molecule is O=C1C(=C2NCCN2)CC/C1=C\c1ccc(Cl)cc1. The summed E-state index contributed by atoms with van der Waals surface area (Å²) in [6.45, 7) is 1.78.